The highest BCUT2D eigenvalue weighted by Crippen LogP contribution is 2.38. The first-order chi connectivity index (χ1) is 15.0. The van der Waals surface area contributed by atoms with Crippen LogP contribution in [-0.2, 0) is 9.59 Å². The minimum Gasteiger partial charge on any atom is -0.494 e. The van der Waals surface area contributed by atoms with Crippen LogP contribution in [0, 0.1) is 0 Å². The van der Waals surface area contributed by atoms with Crippen LogP contribution in [0.3, 0.4) is 0 Å². The number of nitrogens with zero attached hydrogens (tertiary/aromatic N) is 3. The fourth-order valence-corrected chi connectivity index (χ4v) is 4.53. The first kappa shape index (κ1) is 21.3. The van der Waals surface area contributed by atoms with Crippen molar-refractivity contribution in [1.29, 1.82) is 0 Å². The summed E-state index contributed by atoms with van der Waals surface area (Å²) in [4.78, 5) is 29.3. The van der Waals surface area contributed by atoms with Crippen molar-refractivity contribution >= 4 is 51.4 Å². The van der Waals surface area contributed by atoms with Gasteiger partial charge in [-0.15, -0.1) is 11.3 Å². The molecule has 7 nitrogen and oxygen atoms in total. The molecule has 1 atom stereocenters. The maximum absolute atomic E-state index is 12.8. The van der Waals surface area contributed by atoms with E-state index in [0.717, 1.165) is 16.0 Å². The van der Waals surface area contributed by atoms with Gasteiger partial charge < -0.3 is 9.84 Å². The molecule has 3 heterocycles. The molecule has 0 bridgehead atoms. The molecule has 0 saturated heterocycles. The first-order valence-electron chi connectivity index (χ1n) is 9.84. The second kappa shape index (κ2) is 9.03. The number of aliphatic carboxylic acids is 1. The number of carboxylic acids is 1. The summed E-state index contributed by atoms with van der Waals surface area (Å²) >= 11 is 8.09. The topological polar surface area (TPSA) is 92.1 Å². The van der Waals surface area contributed by atoms with Crippen LogP contribution in [0.2, 0.25) is 5.15 Å². The van der Waals surface area contributed by atoms with Crippen molar-refractivity contribution in [1.82, 2.24) is 9.99 Å². The Labute approximate surface area is 187 Å². The van der Waals surface area contributed by atoms with Crippen molar-refractivity contribution in [3.05, 3.63) is 57.4 Å². The standard InChI is InChI=1S/C22H20ClN3O4S/c1-2-30-14-6-5-13-10-15(22(23)24-16(13)11-14)18-12-17(19-4-3-9-31-19)25-26(18)20(27)7-8-21(28)29/h3-6,9-11,18H,2,7-8,12H2,1H3,(H,28,29). The maximum Gasteiger partial charge on any atom is 0.303 e. The largest absolute Gasteiger partial charge is 0.494 e. The number of carboxylic acid groups (broad SMARTS) is 1. The minimum atomic E-state index is -1.03. The molecule has 0 spiro atoms. The summed E-state index contributed by atoms with van der Waals surface area (Å²) in [6, 6.07) is 10.9. The summed E-state index contributed by atoms with van der Waals surface area (Å²) in [6.45, 7) is 2.46. The third kappa shape index (κ3) is 4.55. The lowest BCUT2D eigenvalue weighted by Crippen LogP contribution is -2.27. The number of fused-ring (bicyclic) bond motifs is 1. The number of hydrazone groups is 1. The summed E-state index contributed by atoms with van der Waals surface area (Å²) < 4.78 is 5.53. The molecule has 1 amide bonds. The zero-order valence-corrected chi connectivity index (χ0v) is 18.3. The Morgan fingerprint density at radius 3 is 2.84 bits per heavy atom. The van der Waals surface area contributed by atoms with Crippen molar-refractivity contribution in [2.24, 2.45) is 5.10 Å². The molecule has 0 aliphatic carbocycles. The number of hydrogen-bond donors (Lipinski definition) is 1. The zero-order chi connectivity index (χ0) is 22.0. The van der Waals surface area contributed by atoms with Crippen LogP contribution in [0.4, 0.5) is 0 Å². The quantitative estimate of drug-likeness (QED) is 0.510. The van der Waals surface area contributed by atoms with Gasteiger partial charge in [0.1, 0.15) is 10.9 Å². The van der Waals surface area contributed by atoms with E-state index >= 15 is 0 Å². The molecule has 160 valence electrons. The monoisotopic (exact) mass is 457 g/mol. The maximum atomic E-state index is 12.8. The number of carbonyl (C=O) groups is 2. The van der Waals surface area contributed by atoms with Crippen molar-refractivity contribution in [2.45, 2.75) is 32.2 Å². The van der Waals surface area contributed by atoms with Crippen molar-refractivity contribution in [3.63, 3.8) is 0 Å². The highest BCUT2D eigenvalue weighted by atomic mass is 35.5. The molecule has 0 fully saturated rings. The molecule has 1 unspecified atom stereocenters. The van der Waals surface area contributed by atoms with Gasteiger partial charge in [0.15, 0.2) is 0 Å². The van der Waals surface area contributed by atoms with Crippen molar-refractivity contribution < 1.29 is 19.4 Å². The molecule has 2 aromatic heterocycles. The fraction of sp³-hybridized carbons (Fsp3) is 0.273. The first-order valence-corrected chi connectivity index (χ1v) is 11.1. The lowest BCUT2D eigenvalue weighted by atomic mass is 10.0. The lowest BCUT2D eigenvalue weighted by molar-refractivity contribution is -0.141. The second-order valence-corrected chi connectivity index (χ2v) is 8.34. The van der Waals surface area contributed by atoms with Crippen molar-refractivity contribution in [3.8, 4) is 5.75 Å². The Hall–Kier alpha value is -2.97. The van der Waals surface area contributed by atoms with Crippen LogP contribution in [0.5, 0.6) is 5.75 Å². The molecule has 3 aromatic rings. The van der Waals surface area contributed by atoms with Gasteiger partial charge in [-0.05, 0) is 36.6 Å². The second-order valence-electron chi connectivity index (χ2n) is 7.03. The number of benzene rings is 1. The summed E-state index contributed by atoms with van der Waals surface area (Å²) in [7, 11) is 0. The van der Waals surface area contributed by atoms with E-state index in [1.165, 1.54) is 16.3 Å². The van der Waals surface area contributed by atoms with Crippen LogP contribution >= 0.6 is 22.9 Å². The third-order valence-electron chi connectivity index (χ3n) is 4.96. The number of thiophene rings is 1. The highest BCUT2D eigenvalue weighted by Gasteiger charge is 2.35. The van der Waals surface area contributed by atoms with Crippen LogP contribution in [0.25, 0.3) is 10.9 Å². The van der Waals surface area contributed by atoms with Crippen LogP contribution in [0.15, 0.2) is 46.9 Å². The normalized spacial score (nSPS) is 15.9. The van der Waals surface area contributed by atoms with Gasteiger partial charge in [0.05, 0.1) is 35.2 Å². The number of pyridine rings is 1. The predicted molar refractivity (Wildman–Crippen MR) is 120 cm³/mol. The van der Waals surface area contributed by atoms with E-state index in [0.29, 0.717) is 29.9 Å². The molecule has 1 aliphatic rings. The zero-order valence-electron chi connectivity index (χ0n) is 16.7. The number of amides is 1. The average molecular weight is 458 g/mol. The summed E-state index contributed by atoms with van der Waals surface area (Å²) in [5, 5.41) is 18.0. The van der Waals surface area contributed by atoms with Gasteiger partial charge in [-0.3, -0.25) is 9.59 Å². The number of ether oxygens (including phenoxy) is 1. The van der Waals surface area contributed by atoms with Gasteiger partial charge in [-0.2, -0.15) is 5.10 Å². The van der Waals surface area contributed by atoms with Crippen LogP contribution in [-0.4, -0.2) is 39.3 Å². The van der Waals surface area contributed by atoms with Crippen LogP contribution in [0.1, 0.15) is 42.7 Å². The molecule has 1 N–H and O–H groups in total. The Morgan fingerprint density at radius 1 is 1.29 bits per heavy atom. The van der Waals surface area contributed by atoms with Gasteiger partial charge in [0.2, 0.25) is 5.91 Å². The minimum absolute atomic E-state index is 0.136. The average Bonchev–Trinajstić information content (AvgIpc) is 3.41. The molecule has 4 rings (SSSR count). The van der Waals surface area contributed by atoms with Gasteiger partial charge in [0, 0.05) is 29.9 Å². The summed E-state index contributed by atoms with van der Waals surface area (Å²) in [5.74, 6) is -0.676. The van der Waals surface area contributed by atoms with E-state index in [2.05, 4.69) is 10.1 Å². The predicted octanol–water partition coefficient (Wildman–Crippen LogP) is 4.89. The van der Waals surface area contributed by atoms with E-state index in [-0.39, 0.29) is 23.9 Å². The summed E-state index contributed by atoms with van der Waals surface area (Å²) in [5.41, 5.74) is 2.14. The lowest BCUT2D eigenvalue weighted by Gasteiger charge is -2.23. The molecule has 31 heavy (non-hydrogen) atoms. The van der Waals surface area contributed by atoms with E-state index in [1.807, 2.05) is 48.7 Å². The molecule has 0 radical (unpaired) electrons. The summed E-state index contributed by atoms with van der Waals surface area (Å²) in [6.07, 6.45) is 0.0858. The van der Waals surface area contributed by atoms with Gasteiger partial charge >= 0.3 is 5.97 Å². The Balaban J connectivity index is 1.70. The molecular weight excluding hydrogens is 438 g/mol. The Bertz CT molecular complexity index is 1160. The van der Waals surface area contributed by atoms with Gasteiger partial charge in [0.25, 0.3) is 0 Å². The van der Waals surface area contributed by atoms with E-state index < -0.39 is 12.0 Å². The van der Waals surface area contributed by atoms with Gasteiger partial charge in [-0.1, -0.05) is 17.7 Å². The smallest absolute Gasteiger partial charge is 0.303 e. The molecule has 0 saturated carbocycles. The molecular formula is C22H20ClN3O4S. The van der Waals surface area contributed by atoms with E-state index in [1.54, 1.807) is 0 Å². The van der Waals surface area contributed by atoms with Crippen molar-refractivity contribution in [2.75, 3.05) is 6.61 Å². The Kier molecular flexibility index (Phi) is 6.20. The molecule has 1 aliphatic heterocycles. The number of halogens is 1. The fourth-order valence-electron chi connectivity index (χ4n) is 3.53. The third-order valence-corrected chi connectivity index (χ3v) is 6.19. The van der Waals surface area contributed by atoms with E-state index in [9.17, 15) is 9.59 Å². The number of carbonyl (C=O) groups excluding carboxylic acids is 1. The van der Waals surface area contributed by atoms with Crippen LogP contribution < -0.4 is 4.74 Å². The number of hydrogen-bond acceptors (Lipinski definition) is 6. The Morgan fingerprint density at radius 2 is 2.13 bits per heavy atom. The molecule has 1 aromatic carbocycles. The van der Waals surface area contributed by atoms with Gasteiger partial charge in [-0.25, -0.2) is 9.99 Å². The molecule has 9 heteroatoms. The number of aromatic nitrogens is 1. The highest BCUT2D eigenvalue weighted by molar-refractivity contribution is 7.12. The van der Waals surface area contributed by atoms with E-state index in [4.69, 9.17) is 21.4 Å². The SMILES string of the molecule is CCOc1ccc2cc(C3CC(c4cccs4)=NN3C(=O)CCC(=O)O)c(Cl)nc2c1. The number of rotatable bonds is 7.